The van der Waals surface area contributed by atoms with Crippen LogP contribution in [0.15, 0.2) is 22.6 Å². The molecule has 0 aromatic heterocycles. The van der Waals surface area contributed by atoms with Crippen LogP contribution in [0.25, 0.3) is 0 Å². The van der Waals surface area contributed by atoms with E-state index < -0.39 is 10.3 Å². The summed E-state index contributed by atoms with van der Waals surface area (Å²) in [6.45, 7) is 8.74. The van der Waals surface area contributed by atoms with Crippen LogP contribution in [-0.2, 0) is 10.3 Å². The minimum atomic E-state index is -3.90. The fourth-order valence-corrected chi connectivity index (χ4v) is 4.13. The zero-order valence-electron chi connectivity index (χ0n) is 13.3. The summed E-state index contributed by atoms with van der Waals surface area (Å²) in [6.07, 6.45) is 0.812. The number of hydrogen-bond acceptors (Lipinski definition) is 3. The van der Waals surface area contributed by atoms with Gasteiger partial charge in [-0.25, -0.2) is 0 Å². The molecule has 1 fully saturated rings. The van der Waals surface area contributed by atoms with Gasteiger partial charge in [0.25, 0.3) is 10.3 Å². The second-order valence-corrected chi connectivity index (χ2v) is 7.48. The van der Waals surface area contributed by atoms with Crippen molar-refractivity contribution in [2.45, 2.75) is 33.2 Å². The van der Waals surface area contributed by atoms with Crippen molar-refractivity contribution in [2.24, 2.45) is 4.36 Å². The molecule has 1 aliphatic heterocycles. The Hall–Kier alpha value is -0.690. The highest BCUT2D eigenvalue weighted by Gasteiger charge is 2.32. The van der Waals surface area contributed by atoms with Crippen LogP contribution in [0.4, 0.5) is 9.57 Å². The quantitative estimate of drug-likeness (QED) is 0.756. The molecule has 0 aliphatic carbocycles. The van der Waals surface area contributed by atoms with Gasteiger partial charge in [0.2, 0.25) is 0 Å². The molecule has 0 radical (unpaired) electrons. The third kappa shape index (κ3) is 3.98. The number of aryl methyl sites for hydroxylation is 1. The summed E-state index contributed by atoms with van der Waals surface area (Å²) in [7, 11) is -3.90. The molecule has 7 heteroatoms. The number of benzene rings is 1. The van der Waals surface area contributed by atoms with Gasteiger partial charge in [-0.15, -0.1) is 3.89 Å². The maximum atomic E-state index is 14.6. The lowest BCUT2D eigenvalue weighted by Crippen LogP contribution is -2.37. The summed E-state index contributed by atoms with van der Waals surface area (Å²) in [5, 5.41) is 0.499. The van der Waals surface area contributed by atoms with Crippen LogP contribution >= 0.6 is 11.6 Å². The maximum absolute atomic E-state index is 14.6. The van der Waals surface area contributed by atoms with E-state index >= 15 is 0 Å². The first-order chi connectivity index (χ1) is 10.4. The van der Waals surface area contributed by atoms with Crippen LogP contribution in [-0.4, -0.2) is 45.6 Å². The van der Waals surface area contributed by atoms with Gasteiger partial charge in [-0.1, -0.05) is 31.5 Å². The van der Waals surface area contributed by atoms with Gasteiger partial charge in [0.1, 0.15) is 0 Å². The molecule has 1 saturated heterocycles. The van der Waals surface area contributed by atoms with Crippen LogP contribution in [0.1, 0.15) is 25.8 Å². The fourth-order valence-electron chi connectivity index (χ4n) is 2.78. The summed E-state index contributed by atoms with van der Waals surface area (Å²) in [6, 6.07) is 5.18. The Morgan fingerprint density at radius 3 is 2.73 bits per heavy atom. The highest BCUT2D eigenvalue weighted by atomic mass is 35.5. The number of hydrogen-bond donors (Lipinski definition) is 0. The molecule has 2 unspecified atom stereocenters. The number of rotatable bonds is 5. The third-order valence-electron chi connectivity index (χ3n) is 4.15. The van der Waals surface area contributed by atoms with Gasteiger partial charge in [0, 0.05) is 24.2 Å². The molecule has 2 rings (SSSR count). The van der Waals surface area contributed by atoms with Crippen molar-refractivity contribution in [2.75, 3.05) is 26.2 Å². The van der Waals surface area contributed by atoms with Crippen molar-refractivity contribution in [1.82, 2.24) is 9.21 Å². The van der Waals surface area contributed by atoms with E-state index in [0.717, 1.165) is 25.1 Å². The number of nitrogens with zero attached hydrogens (tertiary/aromatic N) is 3. The zero-order chi connectivity index (χ0) is 16.3. The Morgan fingerprint density at radius 1 is 1.45 bits per heavy atom. The van der Waals surface area contributed by atoms with Gasteiger partial charge in [0.15, 0.2) is 0 Å². The molecule has 1 heterocycles. The van der Waals surface area contributed by atoms with Gasteiger partial charge >= 0.3 is 0 Å². The Balaban J connectivity index is 2.18. The molecular formula is C15H23ClFN3OS. The second-order valence-electron chi connectivity index (χ2n) is 5.51. The second kappa shape index (κ2) is 7.25. The highest BCUT2D eigenvalue weighted by molar-refractivity contribution is 7.86. The minimum Gasteiger partial charge on any atom is -0.300 e. The summed E-state index contributed by atoms with van der Waals surface area (Å²) in [5.41, 5.74) is 1.20. The summed E-state index contributed by atoms with van der Waals surface area (Å²) in [4.78, 5) is 2.26. The van der Waals surface area contributed by atoms with E-state index in [1.54, 1.807) is 18.2 Å². The number of halogens is 2. The van der Waals surface area contributed by atoms with Crippen molar-refractivity contribution < 1.29 is 8.09 Å². The molecule has 22 heavy (non-hydrogen) atoms. The lowest BCUT2D eigenvalue weighted by Gasteiger charge is -2.25. The molecule has 2 atom stereocenters. The molecule has 0 bridgehead atoms. The van der Waals surface area contributed by atoms with Crippen LogP contribution in [0.5, 0.6) is 0 Å². The molecule has 0 N–H and O–H groups in total. The van der Waals surface area contributed by atoms with E-state index in [1.165, 1.54) is 4.31 Å². The van der Waals surface area contributed by atoms with Crippen molar-refractivity contribution in [3.05, 3.63) is 28.8 Å². The van der Waals surface area contributed by atoms with E-state index in [1.807, 2.05) is 6.92 Å². The van der Waals surface area contributed by atoms with Crippen LogP contribution in [0.2, 0.25) is 5.02 Å². The predicted molar refractivity (Wildman–Crippen MR) is 90.4 cm³/mol. The highest BCUT2D eigenvalue weighted by Crippen LogP contribution is 2.27. The Morgan fingerprint density at radius 2 is 2.14 bits per heavy atom. The van der Waals surface area contributed by atoms with Crippen molar-refractivity contribution in [3.8, 4) is 0 Å². The van der Waals surface area contributed by atoms with E-state index in [9.17, 15) is 8.09 Å². The van der Waals surface area contributed by atoms with Crippen molar-refractivity contribution in [1.29, 1.82) is 0 Å². The number of likely N-dealkylation sites (N-methyl/N-ethyl adjacent to an activating group) is 1. The first-order valence-corrected chi connectivity index (χ1v) is 9.34. The van der Waals surface area contributed by atoms with Crippen molar-refractivity contribution >= 4 is 27.6 Å². The molecule has 1 aromatic rings. The monoisotopic (exact) mass is 347 g/mol. The van der Waals surface area contributed by atoms with Crippen molar-refractivity contribution in [3.63, 3.8) is 0 Å². The third-order valence-corrected chi connectivity index (χ3v) is 5.96. The van der Waals surface area contributed by atoms with Crippen LogP contribution < -0.4 is 0 Å². The summed E-state index contributed by atoms with van der Waals surface area (Å²) >= 11 is 6.01. The molecule has 1 aromatic carbocycles. The smallest absolute Gasteiger partial charge is 0.275 e. The maximum Gasteiger partial charge on any atom is 0.275 e. The van der Waals surface area contributed by atoms with Gasteiger partial charge < -0.3 is 0 Å². The molecule has 0 saturated carbocycles. The first kappa shape index (κ1) is 17.7. The molecule has 1 aliphatic rings. The fraction of sp³-hybridized carbons (Fsp3) is 0.600. The largest absolute Gasteiger partial charge is 0.300 e. The summed E-state index contributed by atoms with van der Waals surface area (Å²) < 4.78 is 32.1. The lowest BCUT2D eigenvalue weighted by molar-refractivity contribution is 0.224. The zero-order valence-corrected chi connectivity index (χ0v) is 14.8. The average Bonchev–Trinajstić information content (AvgIpc) is 2.95. The standard InChI is InChI=1S/C15H23ClFN3OS/c1-4-19(5-2)14-8-9-20(11-14)22(17,21)18-13-7-6-12(3)15(16)10-13/h6-7,10,14H,4-5,8-9,11H2,1-3H3. The molecule has 124 valence electrons. The lowest BCUT2D eigenvalue weighted by atomic mass is 10.2. The van der Waals surface area contributed by atoms with Crippen LogP contribution in [0.3, 0.4) is 0 Å². The SMILES string of the molecule is CCN(CC)C1CCN(S(=O)(F)=Nc2ccc(C)c(Cl)c2)C1. The minimum absolute atomic E-state index is 0.239. The van der Waals surface area contributed by atoms with Gasteiger partial charge in [-0.3, -0.25) is 4.90 Å². The van der Waals surface area contributed by atoms with Gasteiger partial charge in [0.05, 0.1) is 5.69 Å². The molecular weight excluding hydrogens is 325 g/mol. The van der Waals surface area contributed by atoms with Crippen LogP contribution in [0, 0.1) is 6.92 Å². The molecule has 0 spiro atoms. The Bertz CT molecular complexity index is 642. The average molecular weight is 348 g/mol. The van der Waals surface area contributed by atoms with E-state index in [0.29, 0.717) is 23.8 Å². The summed E-state index contributed by atoms with van der Waals surface area (Å²) in [5.74, 6) is 0. The van der Waals surface area contributed by atoms with Gasteiger partial charge in [-0.2, -0.15) is 12.9 Å². The predicted octanol–water partition coefficient (Wildman–Crippen LogP) is 3.96. The molecule has 0 amide bonds. The Kier molecular flexibility index (Phi) is 5.82. The molecule has 4 nitrogen and oxygen atoms in total. The first-order valence-electron chi connectivity index (χ1n) is 7.59. The van der Waals surface area contributed by atoms with E-state index in [2.05, 4.69) is 23.1 Å². The topological polar surface area (TPSA) is 35.9 Å². The van der Waals surface area contributed by atoms with E-state index in [-0.39, 0.29) is 6.04 Å². The Labute approximate surface area is 137 Å². The van der Waals surface area contributed by atoms with E-state index in [4.69, 9.17) is 11.6 Å². The normalized spacial score (nSPS) is 22.0. The van der Waals surface area contributed by atoms with Gasteiger partial charge in [-0.05, 0) is 44.1 Å².